The third kappa shape index (κ3) is 5.03. The van der Waals surface area contributed by atoms with Crippen LogP contribution in [-0.4, -0.2) is 33.2 Å². The molecule has 0 fully saturated rings. The molecule has 3 rings (SSSR count). The number of hydrogen-bond acceptors (Lipinski definition) is 4. The summed E-state index contributed by atoms with van der Waals surface area (Å²) in [5.74, 6) is -2.44. The Morgan fingerprint density at radius 1 is 1.03 bits per heavy atom. The van der Waals surface area contributed by atoms with Gasteiger partial charge in [-0.05, 0) is 35.9 Å². The number of carbonyl (C=O) groups is 2. The molecule has 1 heterocycles. The number of carbonyl (C=O) groups excluding carboxylic acids is 2. The summed E-state index contributed by atoms with van der Waals surface area (Å²) in [5.41, 5.74) is -0.347. The smallest absolute Gasteiger partial charge is 0.387 e. The Bertz CT molecular complexity index is 1020. The van der Waals surface area contributed by atoms with E-state index >= 15 is 0 Å². The number of nitrogens with zero attached hydrogens (tertiary/aromatic N) is 2. The first-order valence-corrected chi connectivity index (χ1v) is 8.79. The van der Waals surface area contributed by atoms with Crippen LogP contribution >= 0.6 is 0 Å². The molecule has 2 aromatic carbocycles. The van der Waals surface area contributed by atoms with Gasteiger partial charge < -0.3 is 15.7 Å². The van der Waals surface area contributed by atoms with Gasteiger partial charge in [-0.1, -0.05) is 24.3 Å². The van der Waals surface area contributed by atoms with Crippen molar-refractivity contribution in [2.24, 2.45) is 0 Å². The fraction of sp³-hybridized carbons (Fsp3) is 0.150. The summed E-state index contributed by atoms with van der Waals surface area (Å²) in [7, 11) is 0. The van der Waals surface area contributed by atoms with Crippen molar-refractivity contribution >= 4 is 17.5 Å². The number of anilines is 1. The minimum atomic E-state index is -4.68. The Kier molecular flexibility index (Phi) is 6.17. The van der Waals surface area contributed by atoms with Gasteiger partial charge in [0.1, 0.15) is 0 Å². The van der Waals surface area contributed by atoms with Crippen LogP contribution in [0.5, 0.6) is 0 Å². The van der Waals surface area contributed by atoms with Gasteiger partial charge in [-0.3, -0.25) is 9.59 Å². The van der Waals surface area contributed by atoms with Crippen molar-refractivity contribution in [3.8, 4) is 5.69 Å². The molecule has 0 radical (unpaired) electrons. The van der Waals surface area contributed by atoms with Gasteiger partial charge in [0.05, 0.1) is 23.0 Å². The van der Waals surface area contributed by atoms with Gasteiger partial charge in [0, 0.05) is 18.9 Å². The number of benzene rings is 2. The zero-order valence-corrected chi connectivity index (χ0v) is 15.4. The van der Waals surface area contributed by atoms with Crippen molar-refractivity contribution in [1.82, 2.24) is 15.1 Å². The Morgan fingerprint density at radius 2 is 1.73 bits per heavy atom. The summed E-state index contributed by atoms with van der Waals surface area (Å²) >= 11 is 0. The Morgan fingerprint density at radius 3 is 2.37 bits per heavy atom. The largest absolute Gasteiger partial charge is 0.418 e. The minimum Gasteiger partial charge on any atom is -0.387 e. The molecule has 3 aromatic rings. The highest BCUT2D eigenvalue weighted by Crippen LogP contribution is 2.34. The van der Waals surface area contributed by atoms with Crippen LogP contribution in [0.15, 0.2) is 67.0 Å². The average Bonchev–Trinajstić information content (AvgIpc) is 3.26. The zero-order valence-electron chi connectivity index (χ0n) is 15.4. The normalized spacial score (nSPS) is 12.3. The summed E-state index contributed by atoms with van der Waals surface area (Å²) in [4.78, 5) is 23.9. The molecule has 0 aliphatic heterocycles. The van der Waals surface area contributed by atoms with Crippen LogP contribution in [0.1, 0.15) is 17.2 Å². The van der Waals surface area contributed by atoms with Crippen molar-refractivity contribution in [1.29, 1.82) is 0 Å². The molecule has 1 aromatic heterocycles. The maximum atomic E-state index is 13.0. The Hall–Kier alpha value is -3.66. The summed E-state index contributed by atoms with van der Waals surface area (Å²) in [6.45, 7) is -0.297. The number of aromatic nitrogens is 2. The first kappa shape index (κ1) is 21.1. The highest BCUT2D eigenvalue weighted by Gasteiger charge is 2.34. The second kappa shape index (κ2) is 8.78. The number of nitrogens with one attached hydrogen (secondary N) is 2. The second-order valence-electron chi connectivity index (χ2n) is 6.27. The monoisotopic (exact) mass is 418 g/mol. The molecule has 0 aliphatic carbocycles. The lowest BCUT2D eigenvalue weighted by Crippen LogP contribution is -2.38. The molecule has 1 unspecified atom stereocenters. The van der Waals surface area contributed by atoms with E-state index in [1.54, 1.807) is 47.4 Å². The number of alkyl halides is 3. The molecule has 0 bridgehead atoms. The van der Waals surface area contributed by atoms with Gasteiger partial charge in [0.15, 0.2) is 0 Å². The van der Waals surface area contributed by atoms with Crippen molar-refractivity contribution in [3.63, 3.8) is 0 Å². The SMILES string of the molecule is O=C(NCC(O)c1ccc(-n2cccn2)cc1)C(=O)Nc1ccccc1C(F)(F)F. The third-order valence-corrected chi connectivity index (χ3v) is 4.19. The number of halogens is 3. The van der Waals surface area contributed by atoms with Gasteiger partial charge in [0.25, 0.3) is 0 Å². The van der Waals surface area contributed by atoms with Gasteiger partial charge >= 0.3 is 18.0 Å². The van der Waals surface area contributed by atoms with E-state index in [-0.39, 0.29) is 6.54 Å². The third-order valence-electron chi connectivity index (χ3n) is 4.19. The lowest BCUT2D eigenvalue weighted by molar-refractivity contribution is -0.138. The van der Waals surface area contributed by atoms with Crippen LogP contribution in [0, 0.1) is 0 Å². The van der Waals surface area contributed by atoms with Gasteiger partial charge in [-0.25, -0.2) is 4.68 Å². The van der Waals surface area contributed by atoms with E-state index in [0.717, 1.165) is 17.8 Å². The fourth-order valence-corrected chi connectivity index (χ4v) is 2.68. The van der Waals surface area contributed by atoms with Crippen molar-refractivity contribution in [3.05, 3.63) is 78.1 Å². The highest BCUT2D eigenvalue weighted by atomic mass is 19.4. The average molecular weight is 418 g/mol. The first-order valence-electron chi connectivity index (χ1n) is 8.79. The van der Waals surface area contributed by atoms with Crippen LogP contribution in [0.25, 0.3) is 5.69 Å². The molecule has 30 heavy (non-hydrogen) atoms. The van der Waals surface area contributed by atoms with Crippen LogP contribution < -0.4 is 10.6 Å². The van der Waals surface area contributed by atoms with E-state index in [0.29, 0.717) is 5.56 Å². The Labute approximate surface area is 169 Å². The van der Waals surface area contributed by atoms with E-state index in [1.807, 2.05) is 5.32 Å². The molecule has 1 atom stereocenters. The number of aliphatic hydroxyl groups is 1. The molecular weight excluding hydrogens is 401 g/mol. The lowest BCUT2D eigenvalue weighted by atomic mass is 10.1. The summed E-state index contributed by atoms with van der Waals surface area (Å²) in [5, 5.41) is 18.4. The molecule has 10 heteroatoms. The standard InChI is InChI=1S/C20H17F3N4O3/c21-20(22,23)15-4-1-2-5-16(15)26-19(30)18(29)24-12-17(28)13-6-8-14(9-7-13)27-11-3-10-25-27/h1-11,17,28H,12H2,(H,24,29)(H,26,30). The van der Waals surface area contributed by atoms with Crippen LogP contribution in [0.4, 0.5) is 18.9 Å². The molecule has 0 spiro atoms. The minimum absolute atomic E-state index is 0.297. The first-order chi connectivity index (χ1) is 14.3. The summed E-state index contributed by atoms with van der Waals surface area (Å²) < 4.78 is 40.5. The molecule has 2 amide bonds. The molecule has 3 N–H and O–H groups in total. The highest BCUT2D eigenvalue weighted by molar-refractivity contribution is 6.39. The van der Waals surface area contributed by atoms with Crippen LogP contribution in [0.2, 0.25) is 0 Å². The predicted octanol–water partition coefficient (Wildman–Crippen LogP) is 2.68. The van der Waals surface area contributed by atoms with E-state index in [9.17, 15) is 27.9 Å². The summed E-state index contributed by atoms with van der Waals surface area (Å²) in [6.07, 6.45) is -2.42. The summed E-state index contributed by atoms with van der Waals surface area (Å²) in [6, 6.07) is 12.8. The predicted molar refractivity (Wildman–Crippen MR) is 102 cm³/mol. The van der Waals surface area contributed by atoms with Gasteiger partial charge in [-0.15, -0.1) is 0 Å². The maximum Gasteiger partial charge on any atom is 0.418 e. The molecule has 156 valence electrons. The molecule has 0 saturated heterocycles. The van der Waals surface area contributed by atoms with E-state index < -0.39 is 35.3 Å². The number of hydrogen-bond donors (Lipinski definition) is 3. The topological polar surface area (TPSA) is 96.2 Å². The Balaban J connectivity index is 1.57. The fourth-order valence-electron chi connectivity index (χ4n) is 2.68. The number of amides is 2. The number of aliphatic hydroxyl groups excluding tert-OH is 1. The number of para-hydroxylation sites is 1. The number of rotatable bonds is 5. The van der Waals surface area contributed by atoms with E-state index in [4.69, 9.17) is 0 Å². The van der Waals surface area contributed by atoms with Crippen molar-refractivity contribution < 1.29 is 27.9 Å². The molecule has 0 aliphatic rings. The van der Waals surface area contributed by atoms with Crippen molar-refractivity contribution in [2.45, 2.75) is 12.3 Å². The van der Waals surface area contributed by atoms with Crippen molar-refractivity contribution in [2.75, 3.05) is 11.9 Å². The maximum absolute atomic E-state index is 13.0. The quantitative estimate of drug-likeness (QED) is 0.555. The van der Waals surface area contributed by atoms with E-state index in [2.05, 4.69) is 10.4 Å². The second-order valence-corrected chi connectivity index (χ2v) is 6.27. The molecule has 7 nitrogen and oxygen atoms in total. The van der Waals surface area contributed by atoms with Crippen LogP contribution in [-0.2, 0) is 15.8 Å². The lowest BCUT2D eigenvalue weighted by Gasteiger charge is -2.15. The van der Waals surface area contributed by atoms with E-state index in [1.165, 1.54) is 12.1 Å². The van der Waals surface area contributed by atoms with Gasteiger partial charge in [-0.2, -0.15) is 18.3 Å². The van der Waals surface area contributed by atoms with Crippen LogP contribution in [0.3, 0.4) is 0 Å². The van der Waals surface area contributed by atoms with Gasteiger partial charge in [0.2, 0.25) is 0 Å². The molecule has 0 saturated carbocycles. The zero-order chi connectivity index (χ0) is 21.7. The molecular formula is C20H17F3N4O3.